The van der Waals surface area contributed by atoms with E-state index in [2.05, 4.69) is 21.2 Å². The highest BCUT2D eigenvalue weighted by atomic mass is 79.9. The molecule has 1 amide bonds. The van der Waals surface area contributed by atoms with Crippen molar-refractivity contribution in [3.05, 3.63) is 63.9 Å². The molecule has 0 aliphatic heterocycles. The first kappa shape index (κ1) is 17.6. The number of amides is 1. The number of sulfonamides is 1. The van der Waals surface area contributed by atoms with E-state index >= 15 is 0 Å². The zero-order chi connectivity index (χ0) is 17.0. The molecule has 122 valence electrons. The van der Waals surface area contributed by atoms with Gasteiger partial charge < -0.3 is 5.32 Å². The first-order valence-corrected chi connectivity index (χ1v) is 8.96. The van der Waals surface area contributed by atoms with Crippen molar-refractivity contribution >= 4 is 31.9 Å². The normalized spacial score (nSPS) is 11.3. The van der Waals surface area contributed by atoms with Gasteiger partial charge in [-0.25, -0.2) is 17.9 Å². The van der Waals surface area contributed by atoms with Crippen LogP contribution in [0.4, 0.5) is 4.39 Å². The molecular formula is C15H14BrFN2O3S. The Hall–Kier alpha value is -1.77. The number of carbonyl (C=O) groups is 1. The lowest BCUT2D eigenvalue weighted by Crippen LogP contribution is -2.26. The summed E-state index contributed by atoms with van der Waals surface area (Å²) in [5.41, 5.74) is 1.06. The van der Waals surface area contributed by atoms with Gasteiger partial charge in [0.05, 0.1) is 10.5 Å². The molecule has 0 aromatic heterocycles. The average molecular weight is 401 g/mol. The van der Waals surface area contributed by atoms with Crippen LogP contribution in [0.1, 0.15) is 15.9 Å². The van der Waals surface area contributed by atoms with Crippen LogP contribution in [0.5, 0.6) is 0 Å². The molecule has 0 heterocycles. The van der Waals surface area contributed by atoms with Crippen LogP contribution in [-0.4, -0.2) is 20.9 Å². The monoisotopic (exact) mass is 400 g/mol. The molecule has 0 saturated carbocycles. The zero-order valence-corrected chi connectivity index (χ0v) is 14.3. The fourth-order valence-electron chi connectivity index (χ4n) is 1.92. The Balaban J connectivity index is 2.04. The van der Waals surface area contributed by atoms with Crippen molar-refractivity contribution in [2.75, 3.05) is 6.54 Å². The van der Waals surface area contributed by atoms with Crippen LogP contribution in [0.3, 0.4) is 0 Å². The predicted molar refractivity (Wildman–Crippen MR) is 88.0 cm³/mol. The van der Waals surface area contributed by atoms with Crippen molar-refractivity contribution in [2.45, 2.75) is 11.3 Å². The van der Waals surface area contributed by atoms with E-state index in [4.69, 9.17) is 5.14 Å². The quantitative estimate of drug-likeness (QED) is 0.805. The maximum absolute atomic E-state index is 12.8. The maximum Gasteiger partial charge on any atom is 0.252 e. The van der Waals surface area contributed by atoms with Crippen molar-refractivity contribution < 1.29 is 17.6 Å². The first-order valence-electron chi connectivity index (χ1n) is 6.62. The Morgan fingerprint density at radius 2 is 1.83 bits per heavy atom. The minimum absolute atomic E-state index is 0.135. The Labute approximate surface area is 141 Å². The zero-order valence-electron chi connectivity index (χ0n) is 11.9. The standard InChI is InChI=1S/C15H14BrFN2O3S/c16-14-6-5-12(23(18,21)22)9-13(14)15(20)19-8-7-10-1-3-11(17)4-2-10/h1-6,9H,7-8H2,(H,19,20)(H2,18,21,22). The van der Waals surface area contributed by atoms with Crippen LogP contribution in [0, 0.1) is 5.82 Å². The topological polar surface area (TPSA) is 89.3 Å². The third-order valence-electron chi connectivity index (χ3n) is 3.12. The maximum atomic E-state index is 12.8. The van der Waals surface area contributed by atoms with Crippen LogP contribution in [0.15, 0.2) is 51.8 Å². The van der Waals surface area contributed by atoms with Gasteiger partial charge in [-0.3, -0.25) is 4.79 Å². The number of nitrogens with one attached hydrogen (secondary N) is 1. The molecular weight excluding hydrogens is 387 g/mol. The van der Waals surface area contributed by atoms with E-state index in [0.29, 0.717) is 17.4 Å². The van der Waals surface area contributed by atoms with Gasteiger partial charge in [0.2, 0.25) is 10.0 Å². The number of nitrogens with two attached hydrogens (primary N) is 1. The lowest BCUT2D eigenvalue weighted by atomic mass is 10.1. The molecule has 0 unspecified atom stereocenters. The van der Waals surface area contributed by atoms with Gasteiger partial charge >= 0.3 is 0 Å². The van der Waals surface area contributed by atoms with Gasteiger partial charge in [0, 0.05) is 11.0 Å². The second kappa shape index (κ2) is 7.20. The highest BCUT2D eigenvalue weighted by Crippen LogP contribution is 2.20. The van der Waals surface area contributed by atoms with Crippen LogP contribution in [0.2, 0.25) is 0 Å². The second-order valence-corrected chi connectivity index (χ2v) is 7.23. The summed E-state index contributed by atoms with van der Waals surface area (Å²) in [7, 11) is -3.88. The van der Waals surface area contributed by atoms with Crippen LogP contribution >= 0.6 is 15.9 Å². The third-order valence-corrected chi connectivity index (χ3v) is 4.73. The van der Waals surface area contributed by atoms with Gasteiger partial charge in [0.25, 0.3) is 5.91 Å². The lowest BCUT2D eigenvalue weighted by Gasteiger charge is -2.08. The fourth-order valence-corrected chi connectivity index (χ4v) is 2.89. The molecule has 3 N–H and O–H groups in total. The number of hydrogen-bond donors (Lipinski definition) is 2. The molecule has 0 aliphatic carbocycles. The Morgan fingerprint density at radius 3 is 2.43 bits per heavy atom. The number of primary sulfonamides is 1. The molecule has 2 aromatic carbocycles. The summed E-state index contributed by atoms with van der Waals surface area (Å²) in [5.74, 6) is -0.744. The van der Waals surface area contributed by atoms with Crippen LogP contribution in [-0.2, 0) is 16.4 Å². The van der Waals surface area contributed by atoms with E-state index < -0.39 is 15.9 Å². The molecule has 23 heavy (non-hydrogen) atoms. The van der Waals surface area contributed by atoms with E-state index in [1.165, 1.54) is 30.3 Å². The summed E-state index contributed by atoms with van der Waals surface area (Å²) < 4.78 is 36.0. The molecule has 0 fully saturated rings. The molecule has 5 nitrogen and oxygen atoms in total. The molecule has 2 rings (SSSR count). The Kier molecular flexibility index (Phi) is 5.51. The summed E-state index contributed by atoms with van der Waals surface area (Å²) >= 11 is 3.20. The van der Waals surface area contributed by atoms with Gasteiger partial charge in [-0.2, -0.15) is 0 Å². The van der Waals surface area contributed by atoms with E-state index in [9.17, 15) is 17.6 Å². The summed E-state index contributed by atoms with van der Waals surface area (Å²) in [4.78, 5) is 12.0. The van der Waals surface area contributed by atoms with Gasteiger partial charge in [-0.15, -0.1) is 0 Å². The van der Waals surface area contributed by atoms with Gasteiger partial charge in [-0.1, -0.05) is 12.1 Å². The largest absolute Gasteiger partial charge is 0.352 e. The number of benzene rings is 2. The molecule has 0 aliphatic rings. The van der Waals surface area contributed by atoms with Gasteiger partial charge in [0.1, 0.15) is 5.82 Å². The lowest BCUT2D eigenvalue weighted by molar-refractivity contribution is 0.0953. The first-order chi connectivity index (χ1) is 10.8. The second-order valence-electron chi connectivity index (χ2n) is 4.82. The summed E-state index contributed by atoms with van der Waals surface area (Å²) in [6.45, 7) is 0.330. The average Bonchev–Trinajstić information content (AvgIpc) is 2.48. The molecule has 0 atom stereocenters. The molecule has 8 heteroatoms. The minimum atomic E-state index is -3.88. The smallest absolute Gasteiger partial charge is 0.252 e. The third kappa shape index (κ3) is 4.85. The summed E-state index contributed by atoms with van der Waals surface area (Å²) in [5, 5.41) is 7.74. The van der Waals surface area contributed by atoms with E-state index in [1.54, 1.807) is 12.1 Å². The van der Waals surface area contributed by atoms with Crippen molar-refractivity contribution in [1.82, 2.24) is 5.32 Å². The van der Waals surface area contributed by atoms with E-state index in [0.717, 1.165) is 5.56 Å². The number of halogens is 2. The minimum Gasteiger partial charge on any atom is -0.352 e. The summed E-state index contributed by atoms with van der Waals surface area (Å²) in [6.07, 6.45) is 0.526. The summed E-state index contributed by atoms with van der Waals surface area (Å²) in [6, 6.07) is 9.96. The van der Waals surface area contributed by atoms with Gasteiger partial charge in [-0.05, 0) is 58.2 Å². The Bertz CT molecular complexity index is 823. The fraction of sp³-hybridized carbons (Fsp3) is 0.133. The highest BCUT2D eigenvalue weighted by Gasteiger charge is 2.15. The molecule has 0 radical (unpaired) electrons. The Morgan fingerprint density at radius 1 is 1.17 bits per heavy atom. The molecule has 2 aromatic rings. The molecule has 0 spiro atoms. The SMILES string of the molecule is NS(=O)(=O)c1ccc(Br)c(C(=O)NCCc2ccc(F)cc2)c1. The molecule has 0 saturated heterocycles. The van der Waals surface area contributed by atoms with Crippen LogP contribution < -0.4 is 10.5 Å². The predicted octanol–water partition coefficient (Wildman–Crippen LogP) is 2.21. The number of rotatable bonds is 5. The van der Waals surface area contributed by atoms with Crippen LogP contribution in [0.25, 0.3) is 0 Å². The van der Waals surface area contributed by atoms with Gasteiger partial charge in [0.15, 0.2) is 0 Å². The van der Waals surface area contributed by atoms with E-state index in [1.807, 2.05) is 0 Å². The number of hydrogen-bond acceptors (Lipinski definition) is 3. The van der Waals surface area contributed by atoms with Crippen molar-refractivity contribution in [1.29, 1.82) is 0 Å². The van der Waals surface area contributed by atoms with Crippen molar-refractivity contribution in [2.24, 2.45) is 5.14 Å². The van der Waals surface area contributed by atoms with E-state index in [-0.39, 0.29) is 16.3 Å². The van der Waals surface area contributed by atoms with Crippen molar-refractivity contribution in [3.8, 4) is 0 Å². The van der Waals surface area contributed by atoms with Crippen molar-refractivity contribution in [3.63, 3.8) is 0 Å². The number of carbonyl (C=O) groups excluding carboxylic acids is 1. The highest BCUT2D eigenvalue weighted by molar-refractivity contribution is 9.10. The molecule has 0 bridgehead atoms.